The molecule has 2 atom stereocenters. The number of piperidine rings is 1. The van der Waals surface area contributed by atoms with E-state index >= 15 is 0 Å². The summed E-state index contributed by atoms with van der Waals surface area (Å²) in [7, 11) is 0. The Balaban J connectivity index is 1.44. The van der Waals surface area contributed by atoms with Crippen molar-refractivity contribution < 1.29 is 8.78 Å². The van der Waals surface area contributed by atoms with Gasteiger partial charge in [-0.2, -0.15) is 0 Å². The number of rotatable bonds is 5. The van der Waals surface area contributed by atoms with Crippen molar-refractivity contribution in [2.24, 2.45) is 0 Å². The summed E-state index contributed by atoms with van der Waals surface area (Å²) in [6.07, 6.45) is 1.50. The Bertz CT molecular complexity index is 1170. The van der Waals surface area contributed by atoms with Crippen LogP contribution in [0.4, 0.5) is 20.2 Å². The third kappa shape index (κ3) is 3.79. The van der Waals surface area contributed by atoms with E-state index in [1.807, 2.05) is 22.7 Å². The van der Waals surface area contributed by atoms with Crippen LogP contribution in [0.5, 0.6) is 0 Å². The summed E-state index contributed by atoms with van der Waals surface area (Å²) >= 11 is 3.31. The van der Waals surface area contributed by atoms with Crippen LogP contribution in [-0.2, 0) is 0 Å². The third-order valence-electron chi connectivity index (χ3n) is 5.92. The molecule has 156 valence electrons. The molecule has 0 aliphatic carbocycles. The minimum Gasteiger partial charge on any atom is -0.355 e. The van der Waals surface area contributed by atoms with Crippen molar-refractivity contribution >= 4 is 54.5 Å². The molecule has 1 fully saturated rings. The van der Waals surface area contributed by atoms with E-state index in [1.165, 1.54) is 4.88 Å². The molecule has 0 saturated carbocycles. The van der Waals surface area contributed by atoms with Crippen molar-refractivity contribution in [3.05, 3.63) is 46.9 Å². The highest BCUT2D eigenvalue weighted by molar-refractivity contribution is 7.18. The van der Waals surface area contributed by atoms with Crippen molar-refractivity contribution in [1.29, 1.82) is 0 Å². The Kier molecular flexibility index (Phi) is 5.39. The molecule has 1 N–H and O–H groups in total. The van der Waals surface area contributed by atoms with Gasteiger partial charge in [0, 0.05) is 34.1 Å². The number of anilines is 2. The van der Waals surface area contributed by atoms with Crippen molar-refractivity contribution in [3.63, 3.8) is 0 Å². The zero-order valence-electron chi connectivity index (χ0n) is 16.5. The summed E-state index contributed by atoms with van der Waals surface area (Å²) in [5.74, 6) is 0.260. The van der Waals surface area contributed by atoms with Gasteiger partial charge in [0.25, 0.3) is 6.43 Å². The van der Waals surface area contributed by atoms with Crippen molar-refractivity contribution in [1.82, 2.24) is 14.9 Å². The van der Waals surface area contributed by atoms with Crippen LogP contribution < -0.4 is 5.32 Å². The predicted octanol–water partition coefficient (Wildman–Crippen LogP) is 6.48. The van der Waals surface area contributed by atoms with Gasteiger partial charge in [-0.3, -0.25) is 4.90 Å². The first-order valence-corrected chi connectivity index (χ1v) is 11.8. The summed E-state index contributed by atoms with van der Waals surface area (Å²) in [6, 6.07) is 10.5. The van der Waals surface area contributed by atoms with Gasteiger partial charge in [0.1, 0.15) is 4.83 Å². The zero-order valence-corrected chi connectivity index (χ0v) is 18.1. The van der Waals surface area contributed by atoms with E-state index in [-0.39, 0.29) is 18.5 Å². The Labute approximate surface area is 181 Å². The standard InChI is InChI=1S/C22H22F2N4S2/c1-13-15(3-2-8-28(13)11-21(23)24)20-10-16-17(6-7-25-22(16)30-20)27-14-4-5-19-18(9-14)26-12-29-19/h4-7,9-10,12-13,15,21H,2-3,8,11H2,1H3,(H,25,27)/t13-,15-/m1/s1. The quantitative estimate of drug-likeness (QED) is 0.382. The van der Waals surface area contributed by atoms with Crippen molar-refractivity contribution in [2.75, 3.05) is 18.4 Å². The molecule has 1 aliphatic heterocycles. The average Bonchev–Trinajstić information content (AvgIpc) is 3.36. The monoisotopic (exact) mass is 444 g/mol. The molecule has 0 unspecified atom stereocenters. The zero-order chi connectivity index (χ0) is 20.7. The van der Waals surface area contributed by atoms with Crippen LogP contribution in [0.15, 0.2) is 42.0 Å². The van der Waals surface area contributed by atoms with Gasteiger partial charge in [-0.05, 0) is 56.6 Å². The van der Waals surface area contributed by atoms with Crippen LogP contribution in [0.2, 0.25) is 0 Å². The van der Waals surface area contributed by atoms with Gasteiger partial charge in [0.2, 0.25) is 0 Å². The lowest BCUT2D eigenvalue weighted by Gasteiger charge is -2.38. The molecule has 5 rings (SSSR count). The summed E-state index contributed by atoms with van der Waals surface area (Å²) in [4.78, 5) is 13.1. The SMILES string of the molecule is C[C@@H]1[C@H](c2cc3c(Nc4ccc5scnc5c4)ccnc3s2)CCCN1CC(F)F. The van der Waals surface area contributed by atoms with Crippen LogP contribution in [0.1, 0.15) is 30.6 Å². The number of halogens is 2. The number of thiophene rings is 1. The summed E-state index contributed by atoms with van der Waals surface area (Å²) in [5, 5.41) is 4.59. The van der Waals surface area contributed by atoms with Crippen LogP contribution in [0, 0.1) is 0 Å². The number of hydrogen-bond acceptors (Lipinski definition) is 6. The Morgan fingerprint density at radius 1 is 1.23 bits per heavy atom. The lowest BCUT2D eigenvalue weighted by Crippen LogP contribution is -2.44. The second-order valence-corrected chi connectivity index (χ2v) is 9.71. The fourth-order valence-electron chi connectivity index (χ4n) is 4.37. The maximum Gasteiger partial charge on any atom is 0.251 e. The molecule has 4 aromatic rings. The number of nitrogens with zero attached hydrogens (tertiary/aromatic N) is 3. The first kappa shape index (κ1) is 19.8. The first-order valence-electron chi connectivity index (χ1n) is 10.1. The molecular weight excluding hydrogens is 422 g/mol. The minimum absolute atomic E-state index is 0.101. The maximum atomic E-state index is 13.0. The number of likely N-dealkylation sites (tertiary alicyclic amines) is 1. The smallest absolute Gasteiger partial charge is 0.251 e. The van der Waals surface area contributed by atoms with E-state index in [2.05, 4.69) is 46.5 Å². The number of alkyl halides is 2. The van der Waals surface area contributed by atoms with Gasteiger partial charge < -0.3 is 5.32 Å². The summed E-state index contributed by atoms with van der Waals surface area (Å²) in [5.41, 5.74) is 4.83. The number of nitrogens with one attached hydrogen (secondary N) is 1. The van der Waals surface area contributed by atoms with Gasteiger partial charge in [0.05, 0.1) is 28.0 Å². The number of hydrogen-bond donors (Lipinski definition) is 1. The summed E-state index contributed by atoms with van der Waals surface area (Å²) in [6.45, 7) is 2.68. The molecule has 3 aromatic heterocycles. The second-order valence-electron chi connectivity index (χ2n) is 7.76. The largest absolute Gasteiger partial charge is 0.355 e. The fourth-order valence-corrected chi connectivity index (χ4v) is 6.29. The van der Waals surface area contributed by atoms with Crippen molar-refractivity contribution in [2.45, 2.75) is 38.2 Å². The lowest BCUT2D eigenvalue weighted by molar-refractivity contribution is 0.0470. The van der Waals surface area contributed by atoms with Gasteiger partial charge in [-0.15, -0.1) is 22.7 Å². The molecule has 0 bridgehead atoms. The lowest BCUT2D eigenvalue weighted by atomic mass is 9.88. The van der Waals surface area contributed by atoms with Crippen LogP contribution in [0.3, 0.4) is 0 Å². The Morgan fingerprint density at radius 3 is 3.00 bits per heavy atom. The van der Waals surface area contributed by atoms with Crippen LogP contribution in [0.25, 0.3) is 20.4 Å². The van der Waals surface area contributed by atoms with E-state index in [0.29, 0.717) is 0 Å². The first-order chi connectivity index (χ1) is 14.6. The van der Waals surface area contributed by atoms with Crippen molar-refractivity contribution in [3.8, 4) is 0 Å². The van der Waals surface area contributed by atoms with Crippen LogP contribution in [-0.4, -0.2) is 40.4 Å². The predicted molar refractivity (Wildman–Crippen MR) is 122 cm³/mol. The summed E-state index contributed by atoms with van der Waals surface area (Å²) < 4.78 is 27.1. The van der Waals surface area contributed by atoms with Crippen LogP contribution >= 0.6 is 22.7 Å². The van der Waals surface area contributed by atoms with E-state index in [1.54, 1.807) is 22.7 Å². The van der Waals surface area contributed by atoms with E-state index in [0.717, 1.165) is 51.2 Å². The van der Waals surface area contributed by atoms with Gasteiger partial charge in [0.15, 0.2) is 0 Å². The second kappa shape index (κ2) is 8.17. The Hall–Kier alpha value is -2.16. The number of fused-ring (bicyclic) bond motifs is 2. The van der Waals surface area contributed by atoms with E-state index < -0.39 is 6.43 Å². The minimum atomic E-state index is -2.29. The van der Waals surface area contributed by atoms with E-state index in [4.69, 9.17) is 0 Å². The van der Waals surface area contributed by atoms with Gasteiger partial charge >= 0.3 is 0 Å². The van der Waals surface area contributed by atoms with Gasteiger partial charge in [-0.1, -0.05) is 0 Å². The average molecular weight is 445 g/mol. The van der Waals surface area contributed by atoms with Gasteiger partial charge in [-0.25, -0.2) is 18.7 Å². The molecule has 30 heavy (non-hydrogen) atoms. The molecule has 4 nitrogen and oxygen atoms in total. The molecule has 0 radical (unpaired) electrons. The number of aromatic nitrogens is 2. The Morgan fingerprint density at radius 2 is 2.13 bits per heavy atom. The molecule has 1 saturated heterocycles. The fraction of sp³-hybridized carbons (Fsp3) is 0.364. The molecule has 4 heterocycles. The normalized spacial score (nSPS) is 20.4. The molecule has 1 aliphatic rings. The highest BCUT2D eigenvalue weighted by Gasteiger charge is 2.31. The maximum absolute atomic E-state index is 13.0. The molecule has 0 amide bonds. The molecule has 0 spiro atoms. The number of thiazole rings is 1. The highest BCUT2D eigenvalue weighted by atomic mass is 32.1. The number of benzene rings is 1. The third-order valence-corrected chi connectivity index (χ3v) is 7.91. The highest BCUT2D eigenvalue weighted by Crippen LogP contribution is 2.40. The van der Waals surface area contributed by atoms with E-state index in [9.17, 15) is 8.78 Å². The molecule has 1 aromatic carbocycles. The molecule has 8 heteroatoms. The number of pyridine rings is 1. The topological polar surface area (TPSA) is 41.1 Å². The molecular formula is C22H22F2N4S2.